The fraction of sp³-hybridized carbons (Fsp3) is 0.143. The number of hydrogen-bond acceptors (Lipinski definition) is 3. The van der Waals surface area contributed by atoms with E-state index >= 15 is 0 Å². The molecule has 94 valence electrons. The van der Waals surface area contributed by atoms with E-state index in [2.05, 4.69) is 4.98 Å². The van der Waals surface area contributed by atoms with Crippen molar-refractivity contribution >= 4 is 23.2 Å². The number of fused-ring (bicyclic) bond motifs is 1. The third kappa shape index (κ3) is 2.25. The van der Waals surface area contributed by atoms with E-state index in [-0.39, 0.29) is 6.10 Å². The molecule has 2 heterocycles. The molecule has 0 saturated heterocycles. The summed E-state index contributed by atoms with van der Waals surface area (Å²) in [5.41, 5.74) is 2.12. The van der Waals surface area contributed by atoms with Crippen LogP contribution in [0.2, 0.25) is 10.0 Å². The van der Waals surface area contributed by atoms with E-state index in [4.69, 9.17) is 33.2 Å². The maximum Gasteiger partial charge on any atom is 0.145 e. The summed E-state index contributed by atoms with van der Waals surface area (Å²) in [5, 5.41) is 9.85. The summed E-state index contributed by atoms with van der Waals surface area (Å²) in [6, 6.07) is 10.9. The van der Waals surface area contributed by atoms with Crippen molar-refractivity contribution < 1.29 is 4.74 Å². The zero-order valence-corrected chi connectivity index (χ0v) is 11.2. The Bertz CT molecular complexity index is 663. The molecule has 0 N–H and O–H groups in total. The predicted molar refractivity (Wildman–Crippen MR) is 72.5 cm³/mol. The second-order valence-electron chi connectivity index (χ2n) is 4.24. The van der Waals surface area contributed by atoms with Crippen LogP contribution in [0.1, 0.15) is 23.1 Å². The van der Waals surface area contributed by atoms with Gasteiger partial charge in [-0.2, -0.15) is 5.26 Å². The molecular formula is C14H8Cl2N2O. The van der Waals surface area contributed by atoms with Crippen LogP contribution >= 0.6 is 23.2 Å². The highest BCUT2D eigenvalue weighted by molar-refractivity contribution is 6.42. The molecule has 19 heavy (non-hydrogen) atoms. The highest BCUT2D eigenvalue weighted by Crippen LogP contribution is 2.40. The molecule has 3 nitrogen and oxygen atoms in total. The number of pyridine rings is 1. The van der Waals surface area contributed by atoms with Gasteiger partial charge >= 0.3 is 0 Å². The molecule has 1 aliphatic heterocycles. The van der Waals surface area contributed by atoms with Crippen molar-refractivity contribution in [1.82, 2.24) is 4.98 Å². The van der Waals surface area contributed by atoms with Gasteiger partial charge in [-0.1, -0.05) is 29.3 Å². The number of nitriles is 1. The minimum Gasteiger partial charge on any atom is -0.483 e. The number of benzene rings is 1. The smallest absolute Gasteiger partial charge is 0.145 e. The van der Waals surface area contributed by atoms with Crippen LogP contribution < -0.4 is 4.74 Å². The first-order chi connectivity index (χ1) is 9.17. The zero-order chi connectivity index (χ0) is 13.4. The molecule has 3 rings (SSSR count). The van der Waals surface area contributed by atoms with Crippen molar-refractivity contribution in [2.75, 3.05) is 0 Å². The Hall–Kier alpha value is -1.76. The third-order valence-corrected chi connectivity index (χ3v) is 3.72. The Balaban J connectivity index is 1.93. The van der Waals surface area contributed by atoms with Crippen LogP contribution in [-0.4, -0.2) is 4.98 Å². The SMILES string of the molecule is N#Cc1cccc(C2Cc3cc(Cl)c(Cl)cc3O2)n1. The molecule has 0 bridgehead atoms. The molecule has 1 aromatic heterocycles. The largest absolute Gasteiger partial charge is 0.483 e. The lowest BCUT2D eigenvalue weighted by atomic mass is 10.1. The first kappa shape index (κ1) is 12.3. The Kier molecular flexibility index (Phi) is 3.06. The molecule has 1 aromatic carbocycles. The zero-order valence-electron chi connectivity index (χ0n) is 9.73. The topological polar surface area (TPSA) is 45.9 Å². The predicted octanol–water partition coefficient (Wildman–Crippen LogP) is 3.94. The lowest BCUT2D eigenvalue weighted by molar-refractivity contribution is 0.233. The third-order valence-electron chi connectivity index (χ3n) is 2.99. The second kappa shape index (κ2) is 4.73. The molecule has 0 fully saturated rings. The number of halogens is 2. The monoisotopic (exact) mass is 290 g/mol. The van der Waals surface area contributed by atoms with Gasteiger partial charge in [0.15, 0.2) is 0 Å². The normalized spacial score (nSPS) is 16.6. The van der Waals surface area contributed by atoms with Gasteiger partial charge in [-0.25, -0.2) is 4.98 Å². The maximum absolute atomic E-state index is 8.86. The van der Waals surface area contributed by atoms with E-state index in [1.165, 1.54) is 0 Å². The molecule has 0 spiro atoms. The second-order valence-corrected chi connectivity index (χ2v) is 5.06. The Morgan fingerprint density at radius 2 is 2.05 bits per heavy atom. The summed E-state index contributed by atoms with van der Waals surface area (Å²) in [6.45, 7) is 0. The van der Waals surface area contributed by atoms with Gasteiger partial charge in [0.05, 0.1) is 15.7 Å². The van der Waals surface area contributed by atoms with Crippen LogP contribution in [-0.2, 0) is 6.42 Å². The van der Waals surface area contributed by atoms with Gasteiger partial charge in [-0.05, 0) is 23.8 Å². The molecule has 1 atom stereocenters. The first-order valence-electron chi connectivity index (χ1n) is 5.69. The fourth-order valence-corrected chi connectivity index (χ4v) is 2.43. The molecule has 2 aromatic rings. The van der Waals surface area contributed by atoms with Crippen molar-refractivity contribution in [2.24, 2.45) is 0 Å². The Morgan fingerprint density at radius 3 is 2.84 bits per heavy atom. The number of rotatable bonds is 1. The van der Waals surface area contributed by atoms with E-state index in [9.17, 15) is 0 Å². The van der Waals surface area contributed by atoms with Crippen LogP contribution in [0.4, 0.5) is 0 Å². The van der Waals surface area contributed by atoms with Gasteiger partial charge in [-0.3, -0.25) is 0 Å². The lowest BCUT2D eigenvalue weighted by Crippen LogP contribution is -2.06. The maximum atomic E-state index is 8.86. The first-order valence-corrected chi connectivity index (χ1v) is 6.44. The van der Waals surface area contributed by atoms with Crippen LogP contribution in [0, 0.1) is 11.3 Å². The van der Waals surface area contributed by atoms with Crippen LogP contribution in [0.15, 0.2) is 30.3 Å². The van der Waals surface area contributed by atoms with E-state index in [0.717, 1.165) is 17.0 Å². The summed E-state index contributed by atoms with van der Waals surface area (Å²) in [6.07, 6.45) is 0.478. The minimum atomic E-state index is -0.196. The molecule has 1 aliphatic rings. The highest BCUT2D eigenvalue weighted by Gasteiger charge is 2.26. The van der Waals surface area contributed by atoms with Crippen molar-refractivity contribution in [3.63, 3.8) is 0 Å². The standard InChI is InChI=1S/C14H8Cl2N2O/c15-10-4-8-5-14(19-13(8)6-11(10)16)12-3-1-2-9(7-17)18-12/h1-4,6,14H,5H2. The van der Waals surface area contributed by atoms with Gasteiger partial charge in [0, 0.05) is 12.5 Å². The summed E-state index contributed by atoms with van der Waals surface area (Å²) < 4.78 is 5.81. The number of ether oxygens (including phenoxy) is 1. The molecule has 0 aliphatic carbocycles. The summed E-state index contributed by atoms with van der Waals surface area (Å²) in [7, 11) is 0. The van der Waals surface area contributed by atoms with Gasteiger partial charge in [0.1, 0.15) is 23.6 Å². The summed E-state index contributed by atoms with van der Waals surface area (Å²) in [4.78, 5) is 4.25. The fourth-order valence-electron chi connectivity index (χ4n) is 2.09. The molecular weight excluding hydrogens is 283 g/mol. The van der Waals surface area contributed by atoms with Gasteiger partial charge in [0.25, 0.3) is 0 Å². The average molecular weight is 291 g/mol. The highest BCUT2D eigenvalue weighted by atomic mass is 35.5. The molecule has 0 amide bonds. The van der Waals surface area contributed by atoms with Gasteiger partial charge in [-0.15, -0.1) is 0 Å². The Morgan fingerprint density at radius 1 is 1.26 bits per heavy atom. The molecule has 0 saturated carbocycles. The van der Waals surface area contributed by atoms with Crippen molar-refractivity contribution in [3.05, 3.63) is 57.3 Å². The molecule has 1 unspecified atom stereocenters. The molecule has 5 heteroatoms. The Labute approximate surface area is 120 Å². The quantitative estimate of drug-likeness (QED) is 0.799. The van der Waals surface area contributed by atoms with Crippen LogP contribution in [0.5, 0.6) is 5.75 Å². The summed E-state index contributed by atoms with van der Waals surface area (Å²) in [5.74, 6) is 0.726. The van der Waals surface area contributed by atoms with Crippen LogP contribution in [0.25, 0.3) is 0 Å². The van der Waals surface area contributed by atoms with E-state index in [1.807, 2.05) is 18.2 Å². The number of hydrogen-bond donors (Lipinski definition) is 0. The number of aromatic nitrogens is 1. The number of nitrogens with zero attached hydrogens (tertiary/aromatic N) is 2. The van der Waals surface area contributed by atoms with Crippen molar-refractivity contribution in [2.45, 2.75) is 12.5 Å². The lowest BCUT2D eigenvalue weighted by Gasteiger charge is -2.09. The average Bonchev–Trinajstić information content (AvgIpc) is 2.82. The van der Waals surface area contributed by atoms with E-state index in [0.29, 0.717) is 22.2 Å². The van der Waals surface area contributed by atoms with E-state index < -0.39 is 0 Å². The molecule has 0 radical (unpaired) electrons. The van der Waals surface area contributed by atoms with Gasteiger partial charge in [0.2, 0.25) is 0 Å². The van der Waals surface area contributed by atoms with E-state index in [1.54, 1.807) is 18.2 Å². The van der Waals surface area contributed by atoms with Crippen molar-refractivity contribution in [3.8, 4) is 11.8 Å². The van der Waals surface area contributed by atoms with Crippen molar-refractivity contribution in [1.29, 1.82) is 5.26 Å². The van der Waals surface area contributed by atoms with Gasteiger partial charge < -0.3 is 4.74 Å². The van der Waals surface area contributed by atoms with Crippen LogP contribution in [0.3, 0.4) is 0 Å². The summed E-state index contributed by atoms with van der Waals surface area (Å²) >= 11 is 12.0. The minimum absolute atomic E-state index is 0.196.